The maximum Gasteiger partial charge on any atom is 0.543 e. The van der Waals surface area contributed by atoms with E-state index in [1.165, 1.54) is 12.1 Å². The summed E-state index contributed by atoms with van der Waals surface area (Å²) >= 11 is -1.35. The molecule has 0 aromatic heterocycles. The van der Waals surface area contributed by atoms with E-state index in [-0.39, 0.29) is 3.69 Å². The molecule has 1 heterocycles. The molecule has 0 aliphatic carbocycles. The molecule has 1 aliphatic rings. The lowest BCUT2D eigenvalue weighted by molar-refractivity contribution is -0.296. The number of alkyl halides is 4. The highest BCUT2D eigenvalue weighted by Crippen LogP contribution is 2.52. The van der Waals surface area contributed by atoms with Gasteiger partial charge in [0.15, 0.2) is 0 Å². The van der Waals surface area contributed by atoms with Crippen LogP contribution in [0, 0.1) is 0 Å². The highest BCUT2D eigenvalue weighted by Gasteiger charge is 2.66. The predicted molar refractivity (Wildman–Crippen MR) is 47.2 cm³/mol. The summed E-state index contributed by atoms with van der Waals surface area (Å²) in [6.07, 6.45) is -4.48. The first kappa shape index (κ1) is 11.3. The Morgan fingerprint density at radius 2 is 1.87 bits per heavy atom. The summed E-state index contributed by atoms with van der Waals surface area (Å²) in [7, 11) is 5.57. The van der Waals surface area contributed by atoms with Crippen LogP contribution in [0.25, 0.3) is 0 Å². The molecule has 0 saturated carbocycles. The molecule has 0 atom stereocenters. The van der Waals surface area contributed by atoms with Crippen molar-refractivity contribution < 1.29 is 22.3 Å². The van der Waals surface area contributed by atoms with Crippen molar-refractivity contribution in [1.82, 2.24) is 0 Å². The number of hydrogen-bond acceptors (Lipinski definition) is 1. The Balaban J connectivity index is 2.62. The van der Waals surface area contributed by atoms with Gasteiger partial charge in [0, 0.05) is 0 Å². The van der Waals surface area contributed by atoms with E-state index < -0.39 is 42.6 Å². The van der Waals surface area contributed by atoms with Gasteiger partial charge in [-0.05, 0) is 6.07 Å². The molecule has 1 aliphatic heterocycles. The van der Waals surface area contributed by atoms with E-state index in [9.17, 15) is 17.6 Å². The molecular weight excluding hydrogens is 248 g/mol. The summed E-state index contributed by atoms with van der Waals surface area (Å²) in [6.45, 7) is 0. The highest BCUT2D eigenvalue weighted by atomic mass is 35.5. The van der Waals surface area contributed by atoms with Crippen molar-refractivity contribution in [2.24, 2.45) is 0 Å². The van der Waals surface area contributed by atoms with Gasteiger partial charge in [0.05, 0.1) is 5.56 Å². The summed E-state index contributed by atoms with van der Waals surface area (Å²) in [4.78, 5) is 0. The second-order valence-electron chi connectivity index (χ2n) is 3.12. The molecule has 0 N–H and O–H groups in total. The lowest BCUT2D eigenvalue weighted by atomic mass is 10.1. The average Bonchev–Trinajstić information content (AvgIpc) is 2.34. The Morgan fingerprint density at radius 1 is 1.20 bits per heavy atom. The fraction of sp³-hybridized carbons (Fsp3) is 0.250. The molecule has 1 nitrogen and oxygen atoms in total. The zero-order valence-electron chi connectivity index (χ0n) is 7.24. The molecule has 0 spiro atoms. The minimum atomic E-state index is -4.48. The zero-order chi connectivity index (χ0) is 11.3. The minimum Gasteiger partial charge on any atom is -0.430 e. The Morgan fingerprint density at radius 3 is 2.47 bits per heavy atom. The number of hydrogen-bond donors (Lipinski definition) is 0. The van der Waals surface area contributed by atoms with Gasteiger partial charge < -0.3 is 13.8 Å². The van der Waals surface area contributed by atoms with E-state index in [2.05, 4.69) is 4.74 Å². The van der Waals surface area contributed by atoms with Gasteiger partial charge in [0.1, 0.15) is 5.75 Å². The molecule has 0 radical (unpaired) electrons. The molecule has 1 aromatic carbocycles. The van der Waals surface area contributed by atoms with Crippen molar-refractivity contribution >= 4 is 32.0 Å². The van der Waals surface area contributed by atoms with Gasteiger partial charge in [-0.15, -0.1) is 3.69 Å². The number of halogens is 5. The third-order valence-electron chi connectivity index (χ3n) is 2.17. The number of benzene rings is 1. The summed E-state index contributed by atoms with van der Waals surface area (Å²) in [5, 5.41) is 0. The van der Waals surface area contributed by atoms with E-state index in [1.807, 2.05) is 0 Å². The molecule has 78 valence electrons. The van der Waals surface area contributed by atoms with Crippen molar-refractivity contribution in [2.45, 2.75) is 12.0 Å². The van der Waals surface area contributed by atoms with Gasteiger partial charge in [-0.2, -0.15) is 17.6 Å². The minimum absolute atomic E-state index is 0.269. The Labute approximate surface area is 95.9 Å². The molecule has 15 heavy (non-hydrogen) atoms. The largest absolute Gasteiger partial charge is 0.543 e. The van der Waals surface area contributed by atoms with Crippen LogP contribution >= 0.6 is 9.07 Å². The third-order valence-corrected chi connectivity index (χ3v) is 3.88. The molecular formula is C8H3ClF4MgO. The van der Waals surface area contributed by atoms with E-state index in [0.29, 0.717) is 0 Å². The van der Waals surface area contributed by atoms with E-state index >= 15 is 0 Å². The van der Waals surface area contributed by atoms with Crippen LogP contribution in [-0.4, -0.2) is 25.4 Å². The quantitative estimate of drug-likeness (QED) is 0.549. The SMILES string of the molecule is FC1(F)Oc2[c]([Mg][Cl])cccc2C1(F)F. The van der Waals surface area contributed by atoms with Gasteiger partial charge in [-0.25, -0.2) is 0 Å². The average molecular weight is 251 g/mol. The van der Waals surface area contributed by atoms with Crippen LogP contribution in [0.5, 0.6) is 5.75 Å². The van der Waals surface area contributed by atoms with Crippen LogP contribution in [0.2, 0.25) is 0 Å². The summed E-state index contributed by atoms with van der Waals surface area (Å²) in [5.74, 6) is -4.73. The summed E-state index contributed by atoms with van der Waals surface area (Å²) < 4.78 is 56.2. The maximum absolute atomic E-state index is 13.1. The molecule has 0 fully saturated rings. The number of fused-ring (bicyclic) bond motifs is 1. The Bertz CT molecular complexity index is 410. The van der Waals surface area contributed by atoms with Crippen LogP contribution in [0.4, 0.5) is 17.6 Å². The van der Waals surface area contributed by atoms with Crippen molar-refractivity contribution in [3.63, 3.8) is 0 Å². The first-order valence-electron chi connectivity index (χ1n) is 4.03. The monoisotopic (exact) mass is 250 g/mol. The molecule has 2 rings (SSSR count). The van der Waals surface area contributed by atoms with Crippen molar-refractivity contribution in [3.8, 4) is 5.75 Å². The van der Waals surface area contributed by atoms with Gasteiger partial charge in [-0.1, -0.05) is 12.1 Å². The van der Waals surface area contributed by atoms with E-state index in [1.54, 1.807) is 0 Å². The van der Waals surface area contributed by atoms with Crippen LogP contribution in [0.1, 0.15) is 5.56 Å². The smallest absolute Gasteiger partial charge is 0.430 e. The molecule has 0 amide bonds. The second kappa shape index (κ2) is 3.39. The van der Waals surface area contributed by atoms with Gasteiger partial charge >= 0.3 is 31.3 Å². The number of ether oxygens (including phenoxy) is 1. The number of para-hydroxylation sites is 1. The van der Waals surface area contributed by atoms with E-state index in [0.717, 1.165) is 6.07 Å². The zero-order valence-corrected chi connectivity index (χ0v) is 9.41. The van der Waals surface area contributed by atoms with Crippen molar-refractivity contribution in [2.75, 3.05) is 0 Å². The summed E-state index contributed by atoms with van der Waals surface area (Å²) in [5.41, 5.74) is -0.779. The maximum atomic E-state index is 13.1. The van der Waals surface area contributed by atoms with Crippen LogP contribution in [0.15, 0.2) is 18.2 Å². The molecule has 0 saturated heterocycles. The first-order chi connectivity index (χ1) is 6.90. The fourth-order valence-electron chi connectivity index (χ4n) is 1.41. The Kier molecular flexibility index (Phi) is 2.55. The van der Waals surface area contributed by atoms with Crippen LogP contribution in [-0.2, 0) is 5.92 Å². The molecule has 1 aromatic rings. The molecule has 0 unspecified atom stereocenters. The van der Waals surface area contributed by atoms with Crippen LogP contribution in [0.3, 0.4) is 0 Å². The van der Waals surface area contributed by atoms with Crippen molar-refractivity contribution in [1.29, 1.82) is 0 Å². The first-order valence-corrected chi connectivity index (χ1v) is 6.87. The van der Waals surface area contributed by atoms with Crippen LogP contribution < -0.4 is 8.43 Å². The third kappa shape index (κ3) is 1.50. The highest BCUT2D eigenvalue weighted by molar-refractivity contribution is 7.01. The van der Waals surface area contributed by atoms with Crippen molar-refractivity contribution in [3.05, 3.63) is 23.8 Å². The predicted octanol–water partition coefficient (Wildman–Crippen LogP) is 2.25. The second-order valence-corrected chi connectivity index (χ2v) is 4.95. The lowest BCUT2D eigenvalue weighted by Gasteiger charge is -2.16. The summed E-state index contributed by atoms with van der Waals surface area (Å²) in [6, 6.07) is 3.64. The fourth-order valence-corrected chi connectivity index (χ4v) is 2.65. The molecule has 0 bridgehead atoms. The van der Waals surface area contributed by atoms with E-state index in [4.69, 9.17) is 9.07 Å². The lowest BCUT2D eigenvalue weighted by Crippen LogP contribution is -2.37. The van der Waals surface area contributed by atoms with Gasteiger partial charge in [0.25, 0.3) is 0 Å². The van der Waals surface area contributed by atoms with Gasteiger partial charge in [0.2, 0.25) is 0 Å². The Hall–Kier alpha value is -0.204. The normalized spacial score (nSPS) is 20.3. The van der Waals surface area contributed by atoms with Gasteiger partial charge in [-0.3, -0.25) is 0 Å². The standard InChI is InChI=1S/C8H3F4O.ClH.Mg/c9-7(10)5-3-1-2-4-6(5)13-8(7,11)12;;/h1-3H;1H;/q;;+1/p-1. The number of rotatable bonds is 1. The topological polar surface area (TPSA) is 9.23 Å². The molecule has 7 heteroatoms.